The first-order chi connectivity index (χ1) is 23.7. The van der Waals surface area contributed by atoms with Crippen LogP contribution in [0.1, 0.15) is 24.0 Å². The molecular formula is C37H40ClN7O4. The summed E-state index contributed by atoms with van der Waals surface area (Å²) in [7, 11) is 5.58. The van der Waals surface area contributed by atoms with E-state index in [0.29, 0.717) is 53.8 Å². The van der Waals surface area contributed by atoms with Gasteiger partial charge in [0.1, 0.15) is 12.3 Å². The number of carbonyl (C=O) groups is 3. The Balaban J connectivity index is 1.28. The number of halogens is 1. The van der Waals surface area contributed by atoms with Gasteiger partial charge in [-0.05, 0) is 48.4 Å². The number of ether oxygens (including phenoxy) is 1. The fraction of sp³-hybridized carbons (Fsp3) is 0.243. The summed E-state index contributed by atoms with van der Waals surface area (Å²) in [5.74, 6) is 0.475. The van der Waals surface area contributed by atoms with E-state index in [2.05, 4.69) is 16.0 Å². The van der Waals surface area contributed by atoms with Gasteiger partial charge in [0.2, 0.25) is 17.8 Å². The van der Waals surface area contributed by atoms with Gasteiger partial charge in [0, 0.05) is 39.7 Å². The van der Waals surface area contributed by atoms with E-state index in [4.69, 9.17) is 21.3 Å². The summed E-state index contributed by atoms with van der Waals surface area (Å²) in [6.07, 6.45) is 0.862. The molecule has 12 heteroatoms. The standard InChI is InChI=1S/C37H40ClN7O4/c1-43(2)32-19-10-9-17-31(32)41-37(48)42-36-40-29-18-11-20-33(49-22-12-21-35(47)44(3)23-26-13-5-4-6-14-26)27(29)24-45(36)25-34(46)39-30-16-8-7-15-28(30)38/h4-11,13-20H,12,21-25H2,1-3H3,(H,39,46)(H2,40,41,42,48). The predicted molar refractivity (Wildman–Crippen MR) is 195 cm³/mol. The van der Waals surface area contributed by atoms with Crippen molar-refractivity contribution in [2.24, 2.45) is 4.99 Å². The lowest BCUT2D eigenvalue weighted by atomic mass is 10.1. The molecule has 1 heterocycles. The number of anilines is 3. The minimum Gasteiger partial charge on any atom is -0.493 e. The van der Waals surface area contributed by atoms with Gasteiger partial charge in [-0.1, -0.05) is 72.3 Å². The van der Waals surface area contributed by atoms with Crippen molar-refractivity contribution in [3.8, 4) is 5.75 Å². The van der Waals surface area contributed by atoms with Gasteiger partial charge in [0.25, 0.3) is 0 Å². The normalized spacial score (nSPS) is 11.9. The molecule has 5 rings (SSSR count). The van der Waals surface area contributed by atoms with Crippen molar-refractivity contribution in [3.05, 3.63) is 113 Å². The molecule has 0 aliphatic carbocycles. The van der Waals surface area contributed by atoms with E-state index >= 15 is 0 Å². The fourth-order valence-electron chi connectivity index (χ4n) is 5.33. The molecule has 0 saturated carbocycles. The highest BCUT2D eigenvalue weighted by atomic mass is 35.5. The Morgan fingerprint density at radius 3 is 2.31 bits per heavy atom. The monoisotopic (exact) mass is 681 g/mol. The highest BCUT2D eigenvalue weighted by Crippen LogP contribution is 2.34. The topological polar surface area (TPSA) is 119 Å². The number of hydrogen-bond acceptors (Lipinski definition) is 7. The summed E-state index contributed by atoms with van der Waals surface area (Å²) in [5, 5.41) is 8.97. The number of amides is 4. The summed E-state index contributed by atoms with van der Waals surface area (Å²) in [5.41, 5.74) is 4.35. The Labute approximate surface area is 291 Å². The molecule has 4 amide bonds. The third-order valence-electron chi connectivity index (χ3n) is 7.81. The fourth-order valence-corrected chi connectivity index (χ4v) is 5.52. The van der Waals surface area contributed by atoms with E-state index in [-0.39, 0.29) is 30.9 Å². The van der Waals surface area contributed by atoms with E-state index in [0.717, 1.165) is 16.8 Å². The van der Waals surface area contributed by atoms with E-state index in [1.807, 2.05) is 85.7 Å². The zero-order valence-electron chi connectivity index (χ0n) is 27.8. The molecule has 3 N–H and O–H groups in total. The predicted octanol–water partition coefficient (Wildman–Crippen LogP) is 6.49. The molecule has 254 valence electrons. The van der Waals surface area contributed by atoms with Gasteiger partial charge >= 0.3 is 6.03 Å². The lowest BCUT2D eigenvalue weighted by molar-refractivity contribution is -0.130. The van der Waals surface area contributed by atoms with Gasteiger partial charge in [-0.25, -0.2) is 9.79 Å². The van der Waals surface area contributed by atoms with Crippen LogP contribution in [0.4, 0.5) is 27.5 Å². The molecule has 1 aliphatic rings. The first-order valence-electron chi connectivity index (χ1n) is 15.9. The van der Waals surface area contributed by atoms with Crippen LogP contribution < -0.4 is 25.6 Å². The van der Waals surface area contributed by atoms with Crippen molar-refractivity contribution in [1.82, 2.24) is 15.1 Å². The maximum absolute atomic E-state index is 13.3. The number of rotatable bonds is 12. The Hall–Kier alpha value is -5.55. The first kappa shape index (κ1) is 34.8. The minimum absolute atomic E-state index is 0.0325. The van der Waals surface area contributed by atoms with Crippen molar-refractivity contribution >= 4 is 58.2 Å². The minimum atomic E-state index is -0.512. The number of nitrogens with one attached hydrogen (secondary N) is 3. The zero-order valence-corrected chi connectivity index (χ0v) is 28.5. The molecule has 49 heavy (non-hydrogen) atoms. The molecule has 11 nitrogen and oxygen atoms in total. The summed E-state index contributed by atoms with van der Waals surface area (Å²) >= 11 is 6.28. The van der Waals surface area contributed by atoms with Gasteiger partial charge in [-0.2, -0.15) is 0 Å². The van der Waals surface area contributed by atoms with Crippen molar-refractivity contribution in [3.63, 3.8) is 0 Å². The molecule has 0 bridgehead atoms. The van der Waals surface area contributed by atoms with Gasteiger partial charge < -0.3 is 30.1 Å². The van der Waals surface area contributed by atoms with Crippen LogP contribution in [0.3, 0.4) is 0 Å². The molecule has 0 fully saturated rings. The van der Waals surface area contributed by atoms with Crippen LogP contribution in [0.15, 0.2) is 102 Å². The Morgan fingerprint density at radius 1 is 0.837 bits per heavy atom. The number of aliphatic imine (C=N–C) groups is 1. The number of para-hydroxylation sites is 3. The van der Waals surface area contributed by atoms with E-state index in [1.165, 1.54) is 0 Å². The largest absolute Gasteiger partial charge is 0.493 e. The average molecular weight is 682 g/mol. The molecule has 0 radical (unpaired) electrons. The molecule has 0 aromatic heterocycles. The van der Waals surface area contributed by atoms with Crippen molar-refractivity contribution in [2.75, 3.05) is 49.8 Å². The van der Waals surface area contributed by atoms with E-state index < -0.39 is 6.03 Å². The van der Waals surface area contributed by atoms with Gasteiger partial charge in [-0.15, -0.1) is 0 Å². The molecule has 0 saturated heterocycles. The van der Waals surface area contributed by atoms with Gasteiger partial charge in [-0.3, -0.25) is 14.9 Å². The molecular weight excluding hydrogens is 642 g/mol. The van der Waals surface area contributed by atoms with Gasteiger partial charge in [0.05, 0.1) is 40.9 Å². The van der Waals surface area contributed by atoms with E-state index in [1.54, 1.807) is 47.2 Å². The maximum atomic E-state index is 13.3. The molecule has 0 atom stereocenters. The van der Waals surface area contributed by atoms with Crippen LogP contribution >= 0.6 is 11.6 Å². The van der Waals surface area contributed by atoms with Crippen molar-refractivity contribution < 1.29 is 19.1 Å². The zero-order chi connectivity index (χ0) is 34.8. The smallest absolute Gasteiger partial charge is 0.326 e. The van der Waals surface area contributed by atoms with Crippen LogP contribution in [0.5, 0.6) is 5.75 Å². The van der Waals surface area contributed by atoms with E-state index in [9.17, 15) is 14.4 Å². The Kier molecular flexibility index (Phi) is 11.7. The second-order valence-electron chi connectivity index (χ2n) is 11.8. The SMILES string of the molecule is CN(Cc1ccccc1)C(=O)CCCOc1cccc2c1CN(CC(=O)Nc1ccccc1Cl)C(NC(=O)Nc1ccccc1N(C)C)=N2. The quantitative estimate of drug-likeness (QED) is 0.147. The number of benzene rings is 4. The second-order valence-corrected chi connectivity index (χ2v) is 12.2. The van der Waals surface area contributed by atoms with Crippen LogP contribution in [0.25, 0.3) is 0 Å². The number of hydrogen-bond donors (Lipinski definition) is 3. The molecule has 0 unspecified atom stereocenters. The lowest BCUT2D eigenvalue weighted by Crippen LogP contribution is -2.49. The Bertz CT molecular complexity index is 1820. The number of fused-ring (bicyclic) bond motifs is 1. The first-order valence-corrected chi connectivity index (χ1v) is 16.3. The average Bonchev–Trinajstić information content (AvgIpc) is 3.08. The third kappa shape index (κ3) is 9.51. The number of guanidine groups is 1. The van der Waals surface area contributed by atoms with Gasteiger partial charge in [0.15, 0.2) is 0 Å². The summed E-state index contributed by atoms with van der Waals surface area (Å²) in [6, 6.07) is 29.2. The van der Waals surface area contributed by atoms with Crippen molar-refractivity contribution in [2.45, 2.75) is 25.9 Å². The molecule has 1 aliphatic heterocycles. The van der Waals surface area contributed by atoms with Crippen molar-refractivity contribution in [1.29, 1.82) is 0 Å². The summed E-state index contributed by atoms with van der Waals surface area (Å²) in [6.45, 7) is 0.959. The third-order valence-corrected chi connectivity index (χ3v) is 8.14. The Morgan fingerprint density at radius 2 is 1.55 bits per heavy atom. The summed E-state index contributed by atoms with van der Waals surface area (Å²) in [4.78, 5) is 49.3. The number of urea groups is 1. The molecule has 0 spiro atoms. The highest BCUT2D eigenvalue weighted by Gasteiger charge is 2.26. The van der Waals surface area contributed by atoms with Crippen LogP contribution in [-0.4, -0.2) is 67.9 Å². The number of carbonyl (C=O) groups excluding carboxylic acids is 3. The molecule has 4 aromatic rings. The lowest BCUT2D eigenvalue weighted by Gasteiger charge is -2.31. The summed E-state index contributed by atoms with van der Waals surface area (Å²) < 4.78 is 6.16. The van der Waals surface area contributed by atoms with Crippen LogP contribution in [0, 0.1) is 0 Å². The molecule has 4 aromatic carbocycles. The number of nitrogens with zero attached hydrogens (tertiary/aromatic N) is 4. The second kappa shape index (κ2) is 16.5. The van der Waals surface area contributed by atoms with Crippen LogP contribution in [0.2, 0.25) is 5.02 Å². The van der Waals surface area contributed by atoms with Crippen LogP contribution in [-0.2, 0) is 22.7 Å². The highest BCUT2D eigenvalue weighted by molar-refractivity contribution is 6.33. The maximum Gasteiger partial charge on any atom is 0.326 e.